The van der Waals surface area contributed by atoms with Crippen LogP contribution in [0.4, 0.5) is 0 Å². The lowest BCUT2D eigenvalue weighted by atomic mass is 10.1. The molecular formula is C16H24S. The summed E-state index contributed by atoms with van der Waals surface area (Å²) in [5, 5.41) is 2.08. The fourth-order valence-corrected chi connectivity index (χ4v) is 2.44. The number of hydrogen-bond donors (Lipinski definition) is 0. The fourth-order valence-electron chi connectivity index (χ4n) is 1.85. The molecule has 0 unspecified atom stereocenters. The maximum Gasteiger partial charge on any atom is 0.0768 e. The Morgan fingerprint density at radius 2 is 1.71 bits per heavy atom. The molecule has 0 spiro atoms. The van der Waals surface area contributed by atoms with E-state index >= 15 is 0 Å². The third kappa shape index (κ3) is 8.05. The molecule has 1 heteroatoms. The van der Waals surface area contributed by atoms with Gasteiger partial charge in [0.2, 0.25) is 0 Å². The highest BCUT2D eigenvalue weighted by atomic mass is 32.1. The predicted octanol–water partition coefficient (Wildman–Crippen LogP) is 5.63. The van der Waals surface area contributed by atoms with Crippen molar-refractivity contribution in [1.29, 1.82) is 0 Å². The van der Waals surface area contributed by atoms with E-state index in [1.165, 1.54) is 56.2 Å². The van der Waals surface area contributed by atoms with Gasteiger partial charge in [0.15, 0.2) is 0 Å². The van der Waals surface area contributed by atoms with Crippen LogP contribution in [0, 0.1) is 11.8 Å². The van der Waals surface area contributed by atoms with E-state index in [0.29, 0.717) is 0 Å². The Labute approximate surface area is 110 Å². The molecule has 0 aromatic carbocycles. The monoisotopic (exact) mass is 248 g/mol. The van der Waals surface area contributed by atoms with Gasteiger partial charge in [-0.3, -0.25) is 0 Å². The molecule has 1 heterocycles. The van der Waals surface area contributed by atoms with Crippen LogP contribution < -0.4 is 0 Å². The lowest BCUT2D eigenvalue weighted by Crippen LogP contribution is -1.80. The van der Waals surface area contributed by atoms with Crippen molar-refractivity contribution >= 4 is 11.3 Å². The summed E-state index contributed by atoms with van der Waals surface area (Å²) in [6.07, 6.45) is 12.1. The van der Waals surface area contributed by atoms with Gasteiger partial charge in [0.25, 0.3) is 0 Å². The number of hydrogen-bond acceptors (Lipinski definition) is 1. The summed E-state index contributed by atoms with van der Waals surface area (Å²) in [4.78, 5) is 1.20. The van der Waals surface area contributed by atoms with Crippen molar-refractivity contribution in [2.45, 2.75) is 64.7 Å². The summed E-state index contributed by atoms with van der Waals surface area (Å²) in [7, 11) is 0. The maximum atomic E-state index is 3.26. The van der Waals surface area contributed by atoms with Crippen LogP contribution in [0.2, 0.25) is 0 Å². The second kappa shape index (κ2) is 10.4. The molecular weight excluding hydrogens is 224 g/mol. The first-order valence-electron chi connectivity index (χ1n) is 6.96. The first-order chi connectivity index (χ1) is 8.43. The molecule has 17 heavy (non-hydrogen) atoms. The molecule has 1 aromatic rings. The summed E-state index contributed by atoms with van der Waals surface area (Å²) in [5.74, 6) is 6.47. The van der Waals surface area contributed by atoms with E-state index in [9.17, 15) is 0 Å². The molecule has 94 valence electrons. The van der Waals surface area contributed by atoms with Crippen molar-refractivity contribution in [2.24, 2.45) is 0 Å². The maximum absolute atomic E-state index is 3.26. The first-order valence-corrected chi connectivity index (χ1v) is 7.84. The summed E-state index contributed by atoms with van der Waals surface area (Å²) in [6.45, 7) is 2.27. The molecule has 0 atom stereocenters. The van der Waals surface area contributed by atoms with E-state index in [-0.39, 0.29) is 0 Å². The highest BCUT2D eigenvalue weighted by molar-refractivity contribution is 7.10. The summed E-state index contributed by atoms with van der Waals surface area (Å²) < 4.78 is 0. The van der Waals surface area contributed by atoms with Gasteiger partial charge in [-0.1, -0.05) is 69.8 Å². The van der Waals surface area contributed by atoms with E-state index in [1.54, 1.807) is 11.3 Å². The molecule has 0 amide bonds. The zero-order valence-corrected chi connectivity index (χ0v) is 11.8. The molecule has 0 fully saturated rings. The first kappa shape index (κ1) is 14.3. The summed E-state index contributed by atoms with van der Waals surface area (Å²) in [5.41, 5.74) is 0. The fraction of sp³-hybridized carbons (Fsp3) is 0.625. The molecule has 0 N–H and O–H groups in total. The Morgan fingerprint density at radius 3 is 2.35 bits per heavy atom. The Bertz CT molecular complexity index is 313. The quantitative estimate of drug-likeness (QED) is 0.413. The molecule has 0 aliphatic carbocycles. The van der Waals surface area contributed by atoms with Crippen molar-refractivity contribution in [1.82, 2.24) is 0 Å². The van der Waals surface area contributed by atoms with Crippen molar-refractivity contribution in [2.75, 3.05) is 0 Å². The average molecular weight is 248 g/mol. The lowest BCUT2D eigenvalue weighted by molar-refractivity contribution is 0.579. The zero-order valence-electron chi connectivity index (χ0n) is 11.0. The third-order valence-corrected chi connectivity index (χ3v) is 3.67. The molecule has 0 bridgehead atoms. The van der Waals surface area contributed by atoms with Gasteiger partial charge in [0, 0.05) is 6.42 Å². The molecule has 1 aromatic heterocycles. The molecule has 0 nitrogen and oxygen atoms in total. The van der Waals surface area contributed by atoms with Gasteiger partial charge in [-0.05, 0) is 17.9 Å². The highest BCUT2D eigenvalue weighted by Gasteiger charge is 1.90. The Balaban J connectivity index is 1.88. The summed E-state index contributed by atoms with van der Waals surface area (Å²) >= 11 is 1.73. The van der Waals surface area contributed by atoms with E-state index < -0.39 is 0 Å². The van der Waals surface area contributed by atoms with Crippen molar-refractivity contribution in [3.05, 3.63) is 22.4 Å². The average Bonchev–Trinajstić information content (AvgIpc) is 2.85. The largest absolute Gasteiger partial charge is 0.135 e. The van der Waals surface area contributed by atoms with Crippen molar-refractivity contribution in [3.8, 4) is 11.8 Å². The molecule has 0 radical (unpaired) electrons. The third-order valence-electron chi connectivity index (χ3n) is 2.89. The van der Waals surface area contributed by atoms with Gasteiger partial charge in [0.05, 0.1) is 4.88 Å². The van der Waals surface area contributed by atoms with E-state index in [2.05, 4.69) is 36.3 Å². The highest BCUT2D eigenvalue weighted by Crippen LogP contribution is 2.09. The number of thiophene rings is 1. The number of unbranched alkanes of at least 4 members (excludes halogenated alkanes) is 8. The molecule has 0 saturated carbocycles. The van der Waals surface area contributed by atoms with Gasteiger partial charge < -0.3 is 0 Å². The van der Waals surface area contributed by atoms with Gasteiger partial charge >= 0.3 is 0 Å². The van der Waals surface area contributed by atoms with E-state index in [1.807, 2.05) is 0 Å². The topological polar surface area (TPSA) is 0 Å². The van der Waals surface area contributed by atoms with Gasteiger partial charge in [-0.25, -0.2) is 0 Å². The van der Waals surface area contributed by atoms with Crippen LogP contribution in [-0.4, -0.2) is 0 Å². The van der Waals surface area contributed by atoms with Crippen LogP contribution in [0.25, 0.3) is 0 Å². The van der Waals surface area contributed by atoms with E-state index in [0.717, 1.165) is 6.42 Å². The smallest absolute Gasteiger partial charge is 0.0768 e. The molecule has 0 saturated heterocycles. The Hall–Kier alpha value is -0.740. The minimum absolute atomic E-state index is 1.06. The predicted molar refractivity (Wildman–Crippen MR) is 78.4 cm³/mol. The number of rotatable bonds is 8. The van der Waals surface area contributed by atoms with E-state index in [4.69, 9.17) is 0 Å². The van der Waals surface area contributed by atoms with Crippen LogP contribution in [0.1, 0.15) is 69.6 Å². The van der Waals surface area contributed by atoms with Crippen LogP contribution >= 0.6 is 11.3 Å². The van der Waals surface area contributed by atoms with Crippen LogP contribution in [0.3, 0.4) is 0 Å². The van der Waals surface area contributed by atoms with Gasteiger partial charge in [-0.2, -0.15) is 0 Å². The standard InChI is InChI=1S/C16H24S/c1-2-3-4-5-6-7-8-9-10-11-13-16-14-12-15-17-16/h12,14-15H,2-10H2,1H3. The van der Waals surface area contributed by atoms with Gasteiger partial charge in [-0.15, -0.1) is 11.3 Å². The Morgan fingerprint density at radius 1 is 1.00 bits per heavy atom. The van der Waals surface area contributed by atoms with Crippen LogP contribution in [0.5, 0.6) is 0 Å². The summed E-state index contributed by atoms with van der Waals surface area (Å²) in [6, 6.07) is 4.15. The van der Waals surface area contributed by atoms with Crippen molar-refractivity contribution in [3.63, 3.8) is 0 Å². The van der Waals surface area contributed by atoms with Crippen LogP contribution in [0.15, 0.2) is 17.5 Å². The lowest BCUT2D eigenvalue weighted by Gasteiger charge is -1.99. The SMILES string of the molecule is CCCCCCCCCCC#Cc1cccs1. The van der Waals surface area contributed by atoms with Crippen molar-refractivity contribution < 1.29 is 0 Å². The zero-order chi connectivity index (χ0) is 12.2. The van der Waals surface area contributed by atoms with Gasteiger partial charge in [0.1, 0.15) is 0 Å². The minimum atomic E-state index is 1.06. The normalized spacial score (nSPS) is 9.94. The Kier molecular flexibility index (Phi) is 8.78. The molecule has 0 aliphatic rings. The van der Waals surface area contributed by atoms with Crippen LogP contribution in [-0.2, 0) is 0 Å². The second-order valence-corrected chi connectivity index (χ2v) is 5.45. The minimum Gasteiger partial charge on any atom is -0.135 e. The molecule has 1 rings (SSSR count). The molecule has 0 aliphatic heterocycles. The second-order valence-electron chi connectivity index (χ2n) is 4.50.